The van der Waals surface area contributed by atoms with Crippen molar-refractivity contribution in [2.24, 2.45) is 0 Å². The Bertz CT molecular complexity index is 841. The van der Waals surface area contributed by atoms with Crippen LogP contribution in [0.2, 0.25) is 0 Å². The first-order valence-electron chi connectivity index (χ1n) is 9.39. The Hall–Kier alpha value is -1.89. The van der Waals surface area contributed by atoms with Gasteiger partial charge in [0.05, 0.1) is 23.7 Å². The summed E-state index contributed by atoms with van der Waals surface area (Å²) in [5, 5.41) is 8.79. The van der Waals surface area contributed by atoms with Crippen LogP contribution in [0.15, 0.2) is 35.2 Å². The molecular formula is C18H23F3N2O6S. The number of nitrogens with one attached hydrogen (secondary N) is 1. The number of carbonyl (C=O) groups is 1. The molecule has 8 nitrogen and oxygen atoms in total. The van der Waals surface area contributed by atoms with Gasteiger partial charge in [-0.2, -0.15) is 13.2 Å². The van der Waals surface area contributed by atoms with Gasteiger partial charge in [-0.3, -0.25) is 0 Å². The van der Waals surface area contributed by atoms with Gasteiger partial charge in [-0.1, -0.05) is 18.2 Å². The minimum absolute atomic E-state index is 0.104. The molecule has 30 heavy (non-hydrogen) atoms. The second-order valence-electron chi connectivity index (χ2n) is 7.41. The van der Waals surface area contributed by atoms with Crippen LogP contribution in [-0.2, 0) is 19.5 Å². The van der Waals surface area contributed by atoms with E-state index in [-0.39, 0.29) is 24.6 Å². The Labute approximate surface area is 172 Å². The number of rotatable bonds is 5. The van der Waals surface area contributed by atoms with Crippen molar-refractivity contribution >= 4 is 16.1 Å². The van der Waals surface area contributed by atoms with E-state index in [0.29, 0.717) is 19.3 Å². The minimum atomic E-state index is -4.85. The summed E-state index contributed by atoms with van der Waals surface area (Å²) in [7, 11) is -3.70. The number of likely N-dealkylation sites (tertiary alicyclic amines) is 1. The molecule has 2 saturated heterocycles. The Balaban J connectivity index is 1.53. The van der Waals surface area contributed by atoms with Crippen molar-refractivity contribution in [1.29, 1.82) is 0 Å². The van der Waals surface area contributed by atoms with Gasteiger partial charge in [0.1, 0.15) is 0 Å². The molecule has 0 unspecified atom stereocenters. The Kier molecular flexibility index (Phi) is 6.60. The first kappa shape index (κ1) is 22.8. The lowest BCUT2D eigenvalue weighted by atomic mass is 9.88. The third-order valence-corrected chi connectivity index (χ3v) is 6.83. The molecule has 2 heterocycles. The molecule has 1 amide bonds. The lowest BCUT2D eigenvalue weighted by Gasteiger charge is -2.38. The number of ether oxygens (including phenoxy) is 2. The SMILES string of the molecule is O=C(O[C@H](CO)C(F)(F)F)N1CCC2(CC1)C[C@H](NS(=O)(=O)c1ccccc1)CO2. The van der Waals surface area contributed by atoms with Gasteiger partial charge in [-0.05, 0) is 31.4 Å². The molecule has 2 aliphatic heterocycles. The third-order valence-electron chi connectivity index (χ3n) is 5.29. The van der Waals surface area contributed by atoms with E-state index < -0.39 is 46.6 Å². The van der Waals surface area contributed by atoms with E-state index in [4.69, 9.17) is 9.84 Å². The monoisotopic (exact) mass is 452 g/mol. The van der Waals surface area contributed by atoms with Gasteiger partial charge in [-0.15, -0.1) is 0 Å². The van der Waals surface area contributed by atoms with Gasteiger partial charge in [0, 0.05) is 19.1 Å². The van der Waals surface area contributed by atoms with Crippen LogP contribution in [0.5, 0.6) is 0 Å². The predicted octanol–water partition coefficient (Wildman–Crippen LogP) is 1.65. The van der Waals surface area contributed by atoms with Crippen LogP contribution in [0.3, 0.4) is 0 Å². The maximum absolute atomic E-state index is 12.7. The maximum Gasteiger partial charge on any atom is 0.427 e. The summed E-state index contributed by atoms with van der Waals surface area (Å²) in [5.74, 6) is 0. The first-order chi connectivity index (χ1) is 14.0. The maximum atomic E-state index is 12.7. The zero-order valence-electron chi connectivity index (χ0n) is 16.0. The van der Waals surface area contributed by atoms with Gasteiger partial charge in [0.25, 0.3) is 0 Å². The van der Waals surface area contributed by atoms with Gasteiger partial charge in [0.2, 0.25) is 16.1 Å². The number of sulfonamides is 1. The number of hydrogen-bond donors (Lipinski definition) is 2. The number of amides is 1. The van der Waals surface area contributed by atoms with Crippen molar-refractivity contribution in [3.05, 3.63) is 30.3 Å². The standard InChI is InChI=1S/C18H23F3N2O6S/c19-18(20,21)15(11-24)29-16(25)23-8-6-17(7-9-23)10-13(12-28-17)22-30(26,27)14-4-2-1-3-5-14/h1-5,13,15,22,24H,6-12H2/t13-,15+/m0/s1. The molecule has 0 saturated carbocycles. The number of aliphatic hydroxyl groups is 1. The summed E-state index contributed by atoms with van der Waals surface area (Å²) in [6.07, 6.45) is -7.51. The zero-order chi connectivity index (χ0) is 22.0. The summed E-state index contributed by atoms with van der Waals surface area (Å²) >= 11 is 0. The molecule has 2 fully saturated rings. The number of alkyl halides is 3. The van der Waals surface area contributed by atoms with Gasteiger partial charge in [-0.25, -0.2) is 17.9 Å². The van der Waals surface area contributed by atoms with Crippen LogP contribution in [0.1, 0.15) is 19.3 Å². The molecule has 2 aliphatic rings. The lowest BCUT2D eigenvalue weighted by Crippen LogP contribution is -2.49. The second kappa shape index (κ2) is 8.69. The molecule has 1 spiro atoms. The average Bonchev–Trinajstić information content (AvgIpc) is 3.07. The van der Waals surface area contributed by atoms with Gasteiger partial charge in [0.15, 0.2) is 0 Å². The van der Waals surface area contributed by atoms with Crippen LogP contribution < -0.4 is 4.72 Å². The van der Waals surface area contributed by atoms with Crippen LogP contribution in [0.4, 0.5) is 18.0 Å². The van der Waals surface area contributed by atoms with Crippen LogP contribution in [0.25, 0.3) is 0 Å². The van der Waals surface area contributed by atoms with E-state index in [9.17, 15) is 26.4 Å². The van der Waals surface area contributed by atoms with E-state index in [1.54, 1.807) is 18.2 Å². The molecule has 3 rings (SSSR count). The fourth-order valence-electron chi connectivity index (χ4n) is 3.66. The molecule has 168 valence electrons. The molecule has 0 aliphatic carbocycles. The number of benzene rings is 1. The Morgan fingerprint density at radius 2 is 1.93 bits per heavy atom. The summed E-state index contributed by atoms with van der Waals surface area (Å²) in [6, 6.07) is 7.48. The van der Waals surface area contributed by atoms with E-state index in [1.165, 1.54) is 12.1 Å². The number of halogens is 3. The van der Waals surface area contributed by atoms with Gasteiger partial charge >= 0.3 is 12.3 Å². The fourth-order valence-corrected chi connectivity index (χ4v) is 4.90. The Morgan fingerprint density at radius 3 is 2.50 bits per heavy atom. The molecule has 0 bridgehead atoms. The molecule has 2 atom stereocenters. The highest BCUT2D eigenvalue weighted by atomic mass is 32.2. The number of nitrogens with zero attached hydrogens (tertiary/aromatic N) is 1. The van der Waals surface area contributed by atoms with E-state index >= 15 is 0 Å². The van der Waals surface area contributed by atoms with Crippen LogP contribution in [-0.4, -0.2) is 74.7 Å². The van der Waals surface area contributed by atoms with Crippen molar-refractivity contribution < 1.29 is 41.0 Å². The van der Waals surface area contributed by atoms with Crippen LogP contribution in [0, 0.1) is 0 Å². The first-order valence-corrected chi connectivity index (χ1v) is 10.9. The number of carbonyl (C=O) groups excluding carboxylic acids is 1. The van der Waals surface area contributed by atoms with Crippen molar-refractivity contribution in [3.8, 4) is 0 Å². The second-order valence-corrected chi connectivity index (χ2v) is 9.13. The number of aliphatic hydroxyl groups excluding tert-OH is 1. The summed E-state index contributed by atoms with van der Waals surface area (Å²) in [6.45, 7) is -0.976. The smallest absolute Gasteiger partial charge is 0.427 e. The van der Waals surface area contributed by atoms with Crippen molar-refractivity contribution in [2.75, 3.05) is 26.3 Å². The quantitative estimate of drug-likeness (QED) is 0.704. The summed E-state index contributed by atoms with van der Waals surface area (Å²) in [4.78, 5) is 13.3. The lowest BCUT2D eigenvalue weighted by molar-refractivity contribution is -0.215. The molecule has 12 heteroatoms. The van der Waals surface area contributed by atoms with E-state index in [1.807, 2.05) is 0 Å². The highest BCUT2D eigenvalue weighted by Gasteiger charge is 2.46. The summed E-state index contributed by atoms with van der Waals surface area (Å²) < 4.78 is 75.7. The van der Waals surface area contributed by atoms with Crippen molar-refractivity contribution in [1.82, 2.24) is 9.62 Å². The molecule has 1 aromatic carbocycles. The van der Waals surface area contributed by atoms with Gasteiger partial charge < -0.3 is 19.5 Å². The summed E-state index contributed by atoms with van der Waals surface area (Å²) in [5.41, 5.74) is -0.652. The topological polar surface area (TPSA) is 105 Å². The van der Waals surface area contributed by atoms with Crippen molar-refractivity contribution in [3.63, 3.8) is 0 Å². The third kappa shape index (κ3) is 5.23. The minimum Gasteiger partial charge on any atom is -0.434 e. The predicted molar refractivity (Wildman–Crippen MR) is 98.1 cm³/mol. The molecule has 0 aromatic heterocycles. The normalized spacial score (nSPS) is 22.8. The Morgan fingerprint density at radius 1 is 1.30 bits per heavy atom. The largest absolute Gasteiger partial charge is 0.434 e. The number of piperidine rings is 1. The molecule has 2 N–H and O–H groups in total. The van der Waals surface area contributed by atoms with Crippen molar-refractivity contribution in [2.45, 2.75) is 48.1 Å². The molecular weight excluding hydrogens is 429 g/mol. The average molecular weight is 452 g/mol. The highest BCUT2D eigenvalue weighted by molar-refractivity contribution is 7.89. The highest BCUT2D eigenvalue weighted by Crippen LogP contribution is 2.36. The van der Waals surface area contributed by atoms with E-state index in [2.05, 4.69) is 9.46 Å². The molecule has 0 radical (unpaired) electrons. The number of hydrogen-bond acceptors (Lipinski definition) is 6. The molecule has 1 aromatic rings. The van der Waals surface area contributed by atoms with Crippen LogP contribution >= 0.6 is 0 Å². The van der Waals surface area contributed by atoms with E-state index in [0.717, 1.165) is 4.90 Å². The zero-order valence-corrected chi connectivity index (χ0v) is 16.8. The fraction of sp³-hybridized carbons (Fsp3) is 0.611.